The molecule has 0 saturated carbocycles. The monoisotopic (exact) mass is 337 g/mol. The van der Waals surface area contributed by atoms with E-state index in [0.717, 1.165) is 25.0 Å². The first-order valence-corrected chi connectivity index (χ1v) is 7.49. The molecule has 1 aliphatic heterocycles. The molecule has 0 unspecified atom stereocenters. The second-order valence-corrected chi connectivity index (χ2v) is 6.09. The van der Waals surface area contributed by atoms with E-state index in [4.69, 9.17) is 16.3 Å². The summed E-state index contributed by atoms with van der Waals surface area (Å²) in [6, 6.07) is 3.29. The van der Waals surface area contributed by atoms with Gasteiger partial charge < -0.3 is 15.2 Å². The van der Waals surface area contributed by atoms with Crippen LogP contribution in [0.15, 0.2) is 18.2 Å². The Morgan fingerprint density at radius 3 is 2.55 bits per heavy atom. The maximum absolute atomic E-state index is 12.7. The number of ether oxygens (including phenoxy) is 1. The Kier molecular flexibility index (Phi) is 5.71. The predicted molar refractivity (Wildman–Crippen MR) is 77.7 cm³/mol. The van der Waals surface area contributed by atoms with Gasteiger partial charge in [-0.3, -0.25) is 0 Å². The van der Waals surface area contributed by atoms with Crippen LogP contribution in [0.4, 0.5) is 13.2 Å². The van der Waals surface area contributed by atoms with Crippen molar-refractivity contribution < 1.29 is 23.0 Å². The van der Waals surface area contributed by atoms with Gasteiger partial charge in [-0.05, 0) is 36.6 Å². The first-order chi connectivity index (χ1) is 10.4. The van der Waals surface area contributed by atoms with E-state index < -0.39 is 11.7 Å². The third kappa shape index (κ3) is 4.35. The number of nitrogens with one attached hydrogen (secondary N) is 1. The number of halogens is 4. The molecule has 1 heterocycles. The predicted octanol–water partition coefficient (Wildman–Crippen LogP) is 3.24. The molecule has 0 aliphatic carbocycles. The van der Waals surface area contributed by atoms with Gasteiger partial charge >= 0.3 is 6.18 Å². The molecule has 2 rings (SSSR count). The van der Waals surface area contributed by atoms with Crippen LogP contribution in [0.2, 0.25) is 5.02 Å². The molecule has 124 valence electrons. The molecular formula is C15H19ClF3NO2. The highest BCUT2D eigenvalue weighted by Crippen LogP contribution is 2.32. The maximum atomic E-state index is 12.7. The van der Waals surface area contributed by atoms with Crippen LogP contribution in [0, 0.1) is 5.41 Å². The number of aliphatic hydroxyl groups excluding tert-OH is 1. The zero-order chi connectivity index (χ0) is 16.2. The average Bonchev–Trinajstić information content (AvgIpc) is 2.49. The lowest BCUT2D eigenvalue weighted by molar-refractivity contribution is -0.137. The summed E-state index contributed by atoms with van der Waals surface area (Å²) in [7, 11) is 0. The van der Waals surface area contributed by atoms with Crippen LogP contribution in [0.1, 0.15) is 24.0 Å². The third-order valence-corrected chi connectivity index (χ3v) is 4.45. The number of alkyl halides is 3. The van der Waals surface area contributed by atoms with Gasteiger partial charge in [0.15, 0.2) is 0 Å². The van der Waals surface area contributed by atoms with E-state index >= 15 is 0 Å². The van der Waals surface area contributed by atoms with Crippen molar-refractivity contribution in [2.24, 2.45) is 5.41 Å². The number of benzene rings is 1. The number of hydrogen-bond acceptors (Lipinski definition) is 3. The Morgan fingerprint density at radius 1 is 1.27 bits per heavy atom. The molecule has 1 saturated heterocycles. The molecule has 22 heavy (non-hydrogen) atoms. The highest BCUT2D eigenvalue weighted by Gasteiger charge is 2.32. The fourth-order valence-corrected chi connectivity index (χ4v) is 2.73. The fraction of sp³-hybridized carbons (Fsp3) is 0.600. The molecule has 0 aromatic heterocycles. The highest BCUT2D eigenvalue weighted by molar-refractivity contribution is 6.31. The molecule has 0 radical (unpaired) electrons. The average molecular weight is 338 g/mol. The minimum Gasteiger partial charge on any atom is -0.396 e. The van der Waals surface area contributed by atoms with E-state index in [0.29, 0.717) is 30.3 Å². The molecular weight excluding hydrogens is 319 g/mol. The first-order valence-electron chi connectivity index (χ1n) is 7.11. The summed E-state index contributed by atoms with van der Waals surface area (Å²) in [6.07, 6.45) is -2.92. The Hall–Kier alpha value is -0.820. The smallest absolute Gasteiger partial charge is 0.396 e. The zero-order valence-corrected chi connectivity index (χ0v) is 12.8. The number of rotatable bonds is 5. The Balaban J connectivity index is 1.99. The Morgan fingerprint density at radius 2 is 1.95 bits per heavy atom. The van der Waals surface area contributed by atoms with Gasteiger partial charge in [0.25, 0.3) is 0 Å². The van der Waals surface area contributed by atoms with Crippen molar-refractivity contribution in [2.75, 3.05) is 26.4 Å². The van der Waals surface area contributed by atoms with E-state index in [1.54, 1.807) is 0 Å². The van der Waals surface area contributed by atoms with Crippen molar-refractivity contribution in [3.8, 4) is 0 Å². The van der Waals surface area contributed by atoms with E-state index in [1.807, 2.05) is 0 Å². The molecule has 0 amide bonds. The molecule has 1 aromatic rings. The van der Waals surface area contributed by atoms with Crippen LogP contribution >= 0.6 is 11.6 Å². The molecule has 3 nitrogen and oxygen atoms in total. The Bertz CT molecular complexity index is 502. The lowest BCUT2D eigenvalue weighted by Gasteiger charge is -2.35. The number of hydrogen-bond donors (Lipinski definition) is 2. The van der Waals surface area contributed by atoms with Crippen LogP contribution in [-0.4, -0.2) is 31.5 Å². The van der Waals surface area contributed by atoms with Crippen molar-refractivity contribution in [3.05, 3.63) is 34.3 Å². The van der Waals surface area contributed by atoms with E-state index in [2.05, 4.69) is 5.32 Å². The van der Waals surface area contributed by atoms with E-state index in [9.17, 15) is 18.3 Å². The topological polar surface area (TPSA) is 41.5 Å². The lowest BCUT2D eigenvalue weighted by Crippen LogP contribution is -2.41. The van der Waals surface area contributed by atoms with Crippen molar-refractivity contribution in [3.63, 3.8) is 0 Å². The standard InChI is InChI=1S/C15H19ClF3NO2/c16-13-2-1-12(15(17,18)19)7-11(13)8-20-9-14(10-21)3-5-22-6-4-14/h1-2,7,20-21H,3-6,8-10H2. The van der Waals surface area contributed by atoms with Gasteiger partial charge in [-0.25, -0.2) is 0 Å². The lowest BCUT2D eigenvalue weighted by atomic mass is 9.81. The summed E-state index contributed by atoms with van der Waals surface area (Å²) in [4.78, 5) is 0. The molecule has 1 fully saturated rings. The van der Waals surface area contributed by atoms with Crippen molar-refractivity contribution in [1.82, 2.24) is 5.32 Å². The molecule has 0 atom stereocenters. The maximum Gasteiger partial charge on any atom is 0.416 e. The SMILES string of the molecule is OCC1(CNCc2cc(C(F)(F)F)ccc2Cl)CCOCC1. The van der Waals surface area contributed by atoms with Gasteiger partial charge in [-0.15, -0.1) is 0 Å². The summed E-state index contributed by atoms with van der Waals surface area (Å²) >= 11 is 5.96. The summed E-state index contributed by atoms with van der Waals surface area (Å²) < 4.78 is 43.4. The highest BCUT2D eigenvalue weighted by atomic mass is 35.5. The van der Waals surface area contributed by atoms with Gasteiger partial charge in [0.05, 0.1) is 12.2 Å². The van der Waals surface area contributed by atoms with Crippen LogP contribution in [0.5, 0.6) is 0 Å². The molecule has 1 aromatic carbocycles. The van der Waals surface area contributed by atoms with Gasteiger partial charge in [0, 0.05) is 36.7 Å². The summed E-state index contributed by atoms with van der Waals surface area (Å²) in [5.41, 5.74) is -0.583. The van der Waals surface area contributed by atoms with Gasteiger partial charge in [-0.2, -0.15) is 13.2 Å². The first kappa shape index (κ1) is 17.5. The van der Waals surface area contributed by atoms with Gasteiger partial charge in [-0.1, -0.05) is 11.6 Å². The minimum absolute atomic E-state index is 0.0275. The van der Waals surface area contributed by atoms with Crippen molar-refractivity contribution in [2.45, 2.75) is 25.6 Å². The van der Waals surface area contributed by atoms with Gasteiger partial charge in [0.1, 0.15) is 0 Å². The fourth-order valence-electron chi connectivity index (χ4n) is 2.54. The molecule has 7 heteroatoms. The molecule has 1 aliphatic rings. The molecule has 0 spiro atoms. The number of aliphatic hydroxyl groups is 1. The zero-order valence-electron chi connectivity index (χ0n) is 12.0. The second kappa shape index (κ2) is 7.17. The van der Waals surface area contributed by atoms with E-state index in [-0.39, 0.29) is 18.6 Å². The van der Waals surface area contributed by atoms with Gasteiger partial charge in [0.2, 0.25) is 0 Å². The van der Waals surface area contributed by atoms with Crippen LogP contribution < -0.4 is 5.32 Å². The molecule has 2 N–H and O–H groups in total. The summed E-state index contributed by atoms with van der Waals surface area (Å²) in [5, 5.41) is 13.0. The van der Waals surface area contributed by atoms with Crippen molar-refractivity contribution in [1.29, 1.82) is 0 Å². The summed E-state index contributed by atoms with van der Waals surface area (Å²) in [5.74, 6) is 0. The molecule has 0 bridgehead atoms. The van der Waals surface area contributed by atoms with Crippen LogP contribution in [0.25, 0.3) is 0 Å². The summed E-state index contributed by atoms with van der Waals surface area (Å²) in [6.45, 7) is 1.95. The van der Waals surface area contributed by atoms with Crippen LogP contribution in [0.3, 0.4) is 0 Å². The normalized spacial score (nSPS) is 18.4. The quantitative estimate of drug-likeness (QED) is 0.866. The largest absolute Gasteiger partial charge is 0.416 e. The third-order valence-electron chi connectivity index (χ3n) is 4.08. The second-order valence-electron chi connectivity index (χ2n) is 5.68. The van der Waals surface area contributed by atoms with Crippen LogP contribution in [-0.2, 0) is 17.5 Å². The Labute approximate surface area is 132 Å². The van der Waals surface area contributed by atoms with E-state index in [1.165, 1.54) is 6.07 Å². The minimum atomic E-state index is -4.38. The van der Waals surface area contributed by atoms with Crippen molar-refractivity contribution >= 4 is 11.6 Å².